The molecule has 1 aliphatic rings. The van der Waals surface area contributed by atoms with E-state index in [0.29, 0.717) is 12.1 Å². The van der Waals surface area contributed by atoms with Crippen molar-refractivity contribution in [3.63, 3.8) is 0 Å². The molecule has 0 bridgehead atoms. The standard InChI is InChI=1S/C16H15F6N5O.C9H8O2/c17-10-6-12(19)11(18)4-8(10)3-9(23)5-14(28)26-1-2-27-13(7-26)24-25-15(27)16(20,21)22;10-9(11)7-6-8-4-2-1-3-5-8/h4,6,9H,1-3,5,7,23H2;1-7H,(H,10,11)/t9-;/m1./s1. The summed E-state index contributed by atoms with van der Waals surface area (Å²) < 4.78 is 79.3. The number of carboxylic acids is 1. The molecule has 2 heterocycles. The second-order valence-electron chi connectivity index (χ2n) is 8.51. The van der Waals surface area contributed by atoms with Crippen molar-refractivity contribution in [3.05, 3.63) is 88.8 Å². The number of aliphatic carboxylic acids is 1. The first-order chi connectivity index (χ1) is 18.3. The molecule has 1 amide bonds. The molecule has 39 heavy (non-hydrogen) atoms. The Morgan fingerprint density at radius 1 is 1.03 bits per heavy atom. The zero-order chi connectivity index (χ0) is 28.7. The maximum Gasteiger partial charge on any atom is 0.451 e. The summed E-state index contributed by atoms with van der Waals surface area (Å²) >= 11 is 0. The summed E-state index contributed by atoms with van der Waals surface area (Å²) in [5.74, 6) is -6.07. The molecule has 1 aliphatic heterocycles. The van der Waals surface area contributed by atoms with E-state index < -0.39 is 47.4 Å². The van der Waals surface area contributed by atoms with Crippen LogP contribution in [0.3, 0.4) is 0 Å². The Balaban J connectivity index is 0.000000320. The van der Waals surface area contributed by atoms with Gasteiger partial charge in [-0.05, 0) is 29.7 Å². The molecule has 1 aromatic heterocycles. The van der Waals surface area contributed by atoms with Gasteiger partial charge in [0.25, 0.3) is 0 Å². The Morgan fingerprint density at radius 2 is 1.69 bits per heavy atom. The van der Waals surface area contributed by atoms with Crippen molar-refractivity contribution in [2.45, 2.75) is 38.1 Å². The molecule has 0 fully saturated rings. The van der Waals surface area contributed by atoms with E-state index in [1.54, 1.807) is 6.08 Å². The number of carboxylic acid groups (broad SMARTS) is 1. The predicted molar refractivity (Wildman–Crippen MR) is 126 cm³/mol. The van der Waals surface area contributed by atoms with E-state index >= 15 is 0 Å². The van der Waals surface area contributed by atoms with E-state index in [1.807, 2.05) is 30.3 Å². The lowest BCUT2D eigenvalue weighted by Gasteiger charge is -2.29. The highest BCUT2D eigenvalue weighted by Crippen LogP contribution is 2.29. The molecule has 8 nitrogen and oxygen atoms in total. The van der Waals surface area contributed by atoms with Gasteiger partial charge < -0.3 is 20.3 Å². The van der Waals surface area contributed by atoms with Gasteiger partial charge in [-0.3, -0.25) is 4.79 Å². The largest absolute Gasteiger partial charge is 0.478 e. The molecule has 3 aromatic rings. The summed E-state index contributed by atoms with van der Waals surface area (Å²) in [7, 11) is 0. The Bertz CT molecular complexity index is 1340. The summed E-state index contributed by atoms with van der Waals surface area (Å²) in [5, 5.41) is 14.9. The number of nitrogens with zero attached hydrogens (tertiary/aromatic N) is 4. The highest BCUT2D eigenvalue weighted by molar-refractivity contribution is 5.85. The molecule has 0 aliphatic carbocycles. The third kappa shape index (κ3) is 8.14. The predicted octanol–water partition coefficient (Wildman–Crippen LogP) is 3.80. The zero-order valence-electron chi connectivity index (χ0n) is 20.2. The molecule has 208 valence electrons. The van der Waals surface area contributed by atoms with Gasteiger partial charge >= 0.3 is 12.1 Å². The van der Waals surface area contributed by atoms with Crippen molar-refractivity contribution in [1.82, 2.24) is 19.7 Å². The lowest BCUT2D eigenvalue weighted by Crippen LogP contribution is -2.42. The fraction of sp³-hybridized carbons (Fsp3) is 0.280. The molecule has 0 saturated carbocycles. The Labute approximate surface area is 218 Å². The highest BCUT2D eigenvalue weighted by atomic mass is 19.4. The number of halogens is 6. The first-order valence-corrected chi connectivity index (χ1v) is 11.5. The fourth-order valence-electron chi connectivity index (χ4n) is 3.74. The van der Waals surface area contributed by atoms with Crippen LogP contribution in [0.4, 0.5) is 26.3 Å². The Kier molecular flexibility index (Phi) is 9.46. The number of hydrogen-bond donors (Lipinski definition) is 2. The van der Waals surface area contributed by atoms with Crippen LogP contribution in [0.1, 0.15) is 29.2 Å². The van der Waals surface area contributed by atoms with E-state index in [0.717, 1.165) is 16.2 Å². The van der Waals surface area contributed by atoms with Gasteiger partial charge in [0, 0.05) is 37.7 Å². The molecule has 1 atom stereocenters. The highest BCUT2D eigenvalue weighted by Gasteiger charge is 2.40. The van der Waals surface area contributed by atoms with Gasteiger partial charge in [0.15, 0.2) is 17.5 Å². The molecule has 4 rings (SSSR count). The van der Waals surface area contributed by atoms with Crippen molar-refractivity contribution >= 4 is 18.0 Å². The summed E-state index contributed by atoms with van der Waals surface area (Å²) in [6.07, 6.45) is -2.43. The van der Waals surface area contributed by atoms with Gasteiger partial charge in [0.05, 0.1) is 6.54 Å². The van der Waals surface area contributed by atoms with Crippen LogP contribution in [0.25, 0.3) is 6.08 Å². The number of amides is 1. The summed E-state index contributed by atoms with van der Waals surface area (Å²) in [4.78, 5) is 23.7. The summed E-state index contributed by atoms with van der Waals surface area (Å²) in [6, 6.07) is 9.49. The van der Waals surface area contributed by atoms with Crippen molar-refractivity contribution in [2.24, 2.45) is 5.73 Å². The molecule has 0 saturated heterocycles. The van der Waals surface area contributed by atoms with E-state index in [9.17, 15) is 35.9 Å². The average molecular weight is 555 g/mol. The number of hydrogen-bond acceptors (Lipinski definition) is 5. The third-order valence-corrected chi connectivity index (χ3v) is 5.59. The maximum absolute atomic E-state index is 13.7. The lowest BCUT2D eigenvalue weighted by atomic mass is 10.0. The second kappa shape index (κ2) is 12.6. The molecule has 0 radical (unpaired) electrons. The minimum atomic E-state index is -4.64. The maximum atomic E-state index is 13.7. The molecule has 2 aromatic carbocycles. The van der Waals surface area contributed by atoms with E-state index in [-0.39, 0.29) is 43.9 Å². The van der Waals surface area contributed by atoms with E-state index in [4.69, 9.17) is 10.8 Å². The van der Waals surface area contributed by atoms with E-state index in [2.05, 4.69) is 10.2 Å². The van der Waals surface area contributed by atoms with Crippen molar-refractivity contribution in [2.75, 3.05) is 6.54 Å². The number of carbonyl (C=O) groups excluding carboxylic acids is 1. The summed E-state index contributed by atoms with van der Waals surface area (Å²) in [5.41, 5.74) is 6.54. The molecule has 0 spiro atoms. The monoisotopic (exact) mass is 555 g/mol. The quantitative estimate of drug-likeness (QED) is 0.272. The molecular formula is C25H23F6N5O3. The number of fused-ring (bicyclic) bond motifs is 1. The lowest BCUT2D eigenvalue weighted by molar-refractivity contribution is -0.148. The smallest absolute Gasteiger partial charge is 0.451 e. The van der Waals surface area contributed by atoms with Gasteiger partial charge in [-0.1, -0.05) is 30.3 Å². The van der Waals surface area contributed by atoms with Gasteiger partial charge in [-0.2, -0.15) is 13.2 Å². The summed E-state index contributed by atoms with van der Waals surface area (Å²) in [6.45, 7) is -0.302. The van der Waals surface area contributed by atoms with Crippen LogP contribution < -0.4 is 5.73 Å². The number of aromatic nitrogens is 3. The first-order valence-electron chi connectivity index (χ1n) is 11.5. The van der Waals surface area contributed by atoms with Gasteiger partial charge in [-0.25, -0.2) is 18.0 Å². The van der Waals surface area contributed by atoms with Crippen LogP contribution in [-0.4, -0.2) is 49.2 Å². The van der Waals surface area contributed by atoms with Gasteiger partial charge in [0.1, 0.15) is 5.82 Å². The van der Waals surface area contributed by atoms with Gasteiger partial charge in [-0.15, -0.1) is 10.2 Å². The van der Waals surface area contributed by atoms with Crippen molar-refractivity contribution in [3.8, 4) is 0 Å². The number of nitrogens with two attached hydrogens (primary N) is 1. The first kappa shape index (κ1) is 29.4. The average Bonchev–Trinajstić information content (AvgIpc) is 3.31. The van der Waals surface area contributed by atoms with Crippen molar-refractivity contribution in [1.29, 1.82) is 0 Å². The molecule has 3 N–H and O–H groups in total. The number of carbonyl (C=O) groups is 2. The van der Waals surface area contributed by atoms with Crippen LogP contribution in [0, 0.1) is 17.5 Å². The van der Waals surface area contributed by atoms with Crippen LogP contribution in [-0.2, 0) is 35.3 Å². The Morgan fingerprint density at radius 3 is 2.33 bits per heavy atom. The van der Waals surface area contributed by atoms with Crippen LogP contribution in [0.5, 0.6) is 0 Å². The third-order valence-electron chi connectivity index (χ3n) is 5.59. The molecule has 14 heteroatoms. The Hall–Kier alpha value is -4.20. The fourth-order valence-corrected chi connectivity index (χ4v) is 3.74. The SMILES string of the molecule is N[C@@H](CC(=O)N1CCn2c(nnc2C(F)(F)F)C1)Cc1cc(F)c(F)cc1F.O=C(O)C=Cc1ccccc1. The van der Waals surface area contributed by atoms with Crippen molar-refractivity contribution < 1.29 is 41.0 Å². The number of rotatable bonds is 6. The van der Waals surface area contributed by atoms with Crippen LogP contribution in [0.15, 0.2) is 48.5 Å². The minimum absolute atomic E-state index is 0.000783. The minimum Gasteiger partial charge on any atom is -0.478 e. The number of alkyl halides is 3. The van der Waals surface area contributed by atoms with E-state index in [1.165, 1.54) is 4.90 Å². The van der Waals surface area contributed by atoms with Crippen LogP contribution in [0.2, 0.25) is 0 Å². The van der Waals surface area contributed by atoms with Gasteiger partial charge in [0.2, 0.25) is 11.7 Å². The second-order valence-corrected chi connectivity index (χ2v) is 8.51. The molecular weight excluding hydrogens is 532 g/mol. The molecule has 0 unspecified atom stereocenters. The number of benzene rings is 2. The van der Waals surface area contributed by atoms with Crippen LogP contribution >= 0.6 is 0 Å². The normalized spacial score (nSPS) is 14.0. The zero-order valence-corrected chi connectivity index (χ0v) is 20.2. The topological polar surface area (TPSA) is 114 Å².